The third-order valence-corrected chi connectivity index (χ3v) is 4.68. The third-order valence-electron chi connectivity index (χ3n) is 4.44. The Balaban J connectivity index is 1.52. The molecule has 1 aromatic heterocycles. The first-order chi connectivity index (χ1) is 11.2. The summed E-state index contributed by atoms with van der Waals surface area (Å²) in [7, 11) is 1.68. The highest BCUT2D eigenvalue weighted by molar-refractivity contribution is 6.30. The van der Waals surface area contributed by atoms with Crippen LogP contribution < -0.4 is 10.1 Å². The van der Waals surface area contributed by atoms with Gasteiger partial charge in [0.15, 0.2) is 5.82 Å². The molecule has 5 nitrogen and oxygen atoms in total. The predicted octanol–water partition coefficient (Wildman–Crippen LogP) is 3.86. The van der Waals surface area contributed by atoms with Crippen LogP contribution in [0.25, 0.3) is 0 Å². The van der Waals surface area contributed by atoms with Gasteiger partial charge in [0.05, 0.1) is 7.11 Å². The Morgan fingerprint density at radius 1 is 1.30 bits per heavy atom. The number of hydrogen-bond acceptors (Lipinski definition) is 5. The molecule has 1 fully saturated rings. The van der Waals surface area contributed by atoms with Crippen LogP contribution in [0.5, 0.6) is 5.75 Å². The Morgan fingerprint density at radius 3 is 2.74 bits per heavy atom. The average molecular weight is 336 g/mol. The summed E-state index contributed by atoms with van der Waals surface area (Å²) in [5.74, 6) is 2.78. The van der Waals surface area contributed by atoms with Crippen molar-refractivity contribution in [1.29, 1.82) is 0 Å². The van der Waals surface area contributed by atoms with Crippen LogP contribution in [0.1, 0.15) is 48.9 Å². The molecular formula is C17H22ClN3O2. The van der Waals surface area contributed by atoms with Crippen LogP contribution in [0, 0.1) is 6.92 Å². The Bertz CT molecular complexity index is 651. The minimum atomic E-state index is 0.398. The lowest BCUT2D eigenvalue weighted by Gasteiger charge is -2.27. The fourth-order valence-electron chi connectivity index (χ4n) is 3.16. The highest BCUT2D eigenvalue weighted by Gasteiger charge is 2.26. The van der Waals surface area contributed by atoms with Gasteiger partial charge in [-0.15, -0.1) is 0 Å². The van der Waals surface area contributed by atoms with E-state index in [1.165, 1.54) is 0 Å². The molecule has 1 aromatic carbocycles. The van der Waals surface area contributed by atoms with Gasteiger partial charge in [-0.05, 0) is 50.8 Å². The Kier molecular flexibility index (Phi) is 5.18. The predicted molar refractivity (Wildman–Crippen MR) is 88.9 cm³/mol. The fourth-order valence-corrected chi connectivity index (χ4v) is 3.36. The first kappa shape index (κ1) is 16.3. The van der Waals surface area contributed by atoms with Gasteiger partial charge in [-0.25, -0.2) is 0 Å². The lowest BCUT2D eigenvalue weighted by molar-refractivity contribution is 0.281. The monoisotopic (exact) mass is 335 g/mol. The van der Waals surface area contributed by atoms with Crippen LogP contribution in [0.4, 0.5) is 0 Å². The van der Waals surface area contributed by atoms with Crippen molar-refractivity contribution in [3.05, 3.63) is 40.5 Å². The van der Waals surface area contributed by atoms with Gasteiger partial charge in [0.1, 0.15) is 5.75 Å². The van der Waals surface area contributed by atoms with Crippen LogP contribution in [0.3, 0.4) is 0 Å². The molecule has 1 N–H and O–H groups in total. The van der Waals surface area contributed by atoms with Crippen LogP contribution in [0.15, 0.2) is 22.7 Å². The fraction of sp³-hybridized carbons (Fsp3) is 0.529. The second-order valence-electron chi connectivity index (χ2n) is 6.07. The Morgan fingerprint density at radius 2 is 2.09 bits per heavy atom. The van der Waals surface area contributed by atoms with Gasteiger partial charge in [-0.3, -0.25) is 0 Å². The lowest BCUT2D eigenvalue weighted by atomic mass is 9.86. The summed E-state index contributed by atoms with van der Waals surface area (Å²) in [4.78, 5) is 4.36. The standard InChI is InChI=1S/C17H22ClN3O2/c1-11-20-17(23-21-11)12-3-6-15(7-4-12)19-10-13-9-14(18)5-8-16(13)22-2/h5,8-9,12,15,19H,3-4,6-7,10H2,1-2H3. The molecule has 0 amide bonds. The number of nitrogens with zero attached hydrogens (tertiary/aromatic N) is 2. The largest absolute Gasteiger partial charge is 0.496 e. The number of hydrogen-bond donors (Lipinski definition) is 1. The maximum atomic E-state index is 6.08. The summed E-state index contributed by atoms with van der Waals surface area (Å²) in [5.41, 5.74) is 1.09. The number of halogens is 1. The summed E-state index contributed by atoms with van der Waals surface area (Å²) >= 11 is 6.08. The van der Waals surface area contributed by atoms with Crippen molar-refractivity contribution in [2.24, 2.45) is 0 Å². The van der Waals surface area contributed by atoms with Crippen molar-refractivity contribution in [2.45, 2.75) is 51.1 Å². The number of benzene rings is 1. The molecule has 0 aliphatic heterocycles. The van der Waals surface area contributed by atoms with E-state index in [-0.39, 0.29) is 0 Å². The van der Waals surface area contributed by atoms with Crippen molar-refractivity contribution in [2.75, 3.05) is 7.11 Å². The molecule has 23 heavy (non-hydrogen) atoms. The molecule has 0 radical (unpaired) electrons. The molecule has 2 aromatic rings. The van der Waals surface area contributed by atoms with Gasteiger partial charge in [0.2, 0.25) is 5.89 Å². The zero-order valence-electron chi connectivity index (χ0n) is 13.5. The quantitative estimate of drug-likeness (QED) is 0.899. The van der Waals surface area contributed by atoms with Gasteiger partial charge in [0.25, 0.3) is 0 Å². The van der Waals surface area contributed by atoms with E-state index in [1.54, 1.807) is 7.11 Å². The highest BCUT2D eigenvalue weighted by atomic mass is 35.5. The van der Waals surface area contributed by atoms with Crippen LogP contribution in [0.2, 0.25) is 5.02 Å². The number of rotatable bonds is 5. The number of methoxy groups -OCH3 is 1. The lowest BCUT2D eigenvalue weighted by Crippen LogP contribution is -2.32. The molecule has 0 atom stereocenters. The van der Waals surface area contributed by atoms with Gasteiger partial charge in [0, 0.05) is 29.1 Å². The zero-order valence-corrected chi connectivity index (χ0v) is 14.3. The summed E-state index contributed by atoms with van der Waals surface area (Å²) in [5, 5.41) is 8.23. The molecule has 1 aliphatic rings. The number of nitrogens with one attached hydrogen (secondary N) is 1. The van der Waals surface area contributed by atoms with E-state index < -0.39 is 0 Å². The molecular weight excluding hydrogens is 314 g/mol. The SMILES string of the molecule is COc1ccc(Cl)cc1CNC1CCC(c2nc(C)no2)CC1. The number of aryl methyl sites for hydroxylation is 1. The number of ether oxygens (including phenoxy) is 1. The molecule has 0 saturated heterocycles. The van der Waals surface area contributed by atoms with Crippen molar-refractivity contribution < 1.29 is 9.26 Å². The van der Waals surface area contributed by atoms with Crippen molar-refractivity contribution in [3.63, 3.8) is 0 Å². The zero-order chi connectivity index (χ0) is 16.2. The van der Waals surface area contributed by atoms with Crippen molar-refractivity contribution in [1.82, 2.24) is 15.5 Å². The summed E-state index contributed by atoms with van der Waals surface area (Å²) in [6.07, 6.45) is 4.36. The highest BCUT2D eigenvalue weighted by Crippen LogP contribution is 2.32. The molecule has 124 valence electrons. The maximum absolute atomic E-state index is 6.08. The molecule has 1 saturated carbocycles. The van der Waals surface area contributed by atoms with E-state index in [1.807, 2.05) is 25.1 Å². The van der Waals surface area contributed by atoms with E-state index in [9.17, 15) is 0 Å². The van der Waals surface area contributed by atoms with E-state index in [2.05, 4.69) is 15.5 Å². The average Bonchev–Trinajstić information content (AvgIpc) is 3.00. The Hall–Kier alpha value is -1.59. The summed E-state index contributed by atoms with van der Waals surface area (Å²) in [6, 6.07) is 6.22. The Labute approximate surface area is 141 Å². The van der Waals surface area contributed by atoms with Crippen molar-refractivity contribution >= 4 is 11.6 Å². The van der Waals surface area contributed by atoms with E-state index in [0.29, 0.717) is 17.8 Å². The molecule has 0 bridgehead atoms. The number of aromatic nitrogens is 2. The minimum absolute atomic E-state index is 0.398. The smallest absolute Gasteiger partial charge is 0.229 e. The van der Waals surface area contributed by atoms with Crippen LogP contribution in [-0.2, 0) is 6.54 Å². The molecule has 3 rings (SSSR count). The summed E-state index contributed by atoms with van der Waals surface area (Å²) in [6.45, 7) is 2.62. The van der Waals surface area contributed by atoms with Crippen LogP contribution >= 0.6 is 11.6 Å². The van der Waals surface area contributed by atoms with E-state index in [4.69, 9.17) is 20.9 Å². The second kappa shape index (κ2) is 7.32. The molecule has 0 unspecified atom stereocenters. The van der Waals surface area contributed by atoms with Gasteiger partial charge in [-0.2, -0.15) is 4.98 Å². The van der Waals surface area contributed by atoms with Crippen molar-refractivity contribution in [3.8, 4) is 5.75 Å². The topological polar surface area (TPSA) is 60.2 Å². The first-order valence-corrected chi connectivity index (χ1v) is 8.39. The normalized spacial score (nSPS) is 21.3. The van der Waals surface area contributed by atoms with Gasteiger partial charge < -0.3 is 14.6 Å². The second-order valence-corrected chi connectivity index (χ2v) is 6.50. The molecule has 1 aliphatic carbocycles. The van der Waals surface area contributed by atoms with Crippen LogP contribution in [-0.4, -0.2) is 23.3 Å². The van der Waals surface area contributed by atoms with Gasteiger partial charge in [-0.1, -0.05) is 16.8 Å². The first-order valence-electron chi connectivity index (χ1n) is 8.01. The maximum Gasteiger partial charge on any atom is 0.229 e. The summed E-state index contributed by atoms with van der Waals surface area (Å²) < 4.78 is 10.7. The van der Waals surface area contributed by atoms with Gasteiger partial charge >= 0.3 is 0 Å². The molecule has 0 spiro atoms. The third kappa shape index (κ3) is 4.03. The minimum Gasteiger partial charge on any atom is -0.496 e. The van der Waals surface area contributed by atoms with E-state index >= 15 is 0 Å². The molecule has 1 heterocycles. The van der Waals surface area contributed by atoms with E-state index in [0.717, 1.165) is 54.5 Å². The molecule has 6 heteroatoms.